The molecular weight excluding hydrogens is 146 g/mol. The summed E-state index contributed by atoms with van der Waals surface area (Å²) in [5.41, 5.74) is 0. The third kappa shape index (κ3) is 5.59. The first-order valence-electron chi connectivity index (χ1n) is 5.55. The van der Waals surface area contributed by atoms with Crippen molar-refractivity contribution in [3.63, 3.8) is 0 Å². The molecule has 0 N–H and O–H groups in total. The molecule has 1 unspecified atom stereocenters. The van der Waals surface area contributed by atoms with Crippen LogP contribution in [0.5, 0.6) is 0 Å². The molecule has 0 bridgehead atoms. The number of nitrogens with zero attached hydrogens (tertiary/aromatic N) is 1. The van der Waals surface area contributed by atoms with Gasteiger partial charge in [-0.3, -0.25) is 0 Å². The molecular formula is C11H27N. The second-order valence-corrected chi connectivity index (χ2v) is 2.68. The van der Waals surface area contributed by atoms with Crippen molar-refractivity contribution in [3.8, 4) is 0 Å². The van der Waals surface area contributed by atoms with Crippen LogP contribution in [0.25, 0.3) is 0 Å². The third-order valence-corrected chi connectivity index (χ3v) is 2.14. The van der Waals surface area contributed by atoms with Gasteiger partial charge in [-0.15, -0.1) is 0 Å². The van der Waals surface area contributed by atoms with Crippen molar-refractivity contribution in [2.24, 2.45) is 0 Å². The van der Waals surface area contributed by atoms with Crippen LogP contribution in [0.2, 0.25) is 0 Å². The van der Waals surface area contributed by atoms with Crippen LogP contribution >= 0.6 is 0 Å². The maximum absolute atomic E-state index is 2.46. The van der Waals surface area contributed by atoms with Crippen molar-refractivity contribution >= 4 is 0 Å². The van der Waals surface area contributed by atoms with Crippen LogP contribution in [0, 0.1) is 0 Å². The summed E-state index contributed by atoms with van der Waals surface area (Å²) < 4.78 is 0. The van der Waals surface area contributed by atoms with E-state index in [1.807, 2.05) is 27.7 Å². The maximum atomic E-state index is 2.46. The molecule has 0 spiro atoms. The van der Waals surface area contributed by atoms with E-state index in [0.29, 0.717) is 0 Å². The third-order valence-electron chi connectivity index (χ3n) is 2.14. The van der Waals surface area contributed by atoms with Crippen molar-refractivity contribution in [3.05, 3.63) is 0 Å². The summed E-state index contributed by atoms with van der Waals surface area (Å²) in [5, 5.41) is 0. The van der Waals surface area contributed by atoms with Crippen LogP contribution in [-0.4, -0.2) is 24.5 Å². The molecule has 0 aromatic heterocycles. The fraction of sp³-hybridized carbons (Fsp3) is 1.00. The van der Waals surface area contributed by atoms with E-state index in [0.717, 1.165) is 6.04 Å². The predicted molar refractivity (Wildman–Crippen MR) is 58.6 cm³/mol. The van der Waals surface area contributed by atoms with E-state index in [4.69, 9.17) is 0 Å². The topological polar surface area (TPSA) is 3.24 Å². The van der Waals surface area contributed by atoms with Crippen LogP contribution in [0.3, 0.4) is 0 Å². The normalized spacial score (nSPS) is 22.0. The number of rotatable bonds is 1. The Bertz CT molecular complexity index is 71.4. The summed E-state index contributed by atoms with van der Waals surface area (Å²) in [6.07, 6.45) is 4.17. The fourth-order valence-corrected chi connectivity index (χ4v) is 1.50. The van der Waals surface area contributed by atoms with Crippen LogP contribution in [0.4, 0.5) is 0 Å². The molecule has 1 atom stereocenters. The van der Waals surface area contributed by atoms with Crippen LogP contribution in [0.15, 0.2) is 0 Å². The Hall–Kier alpha value is -0.0400. The highest BCUT2D eigenvalue weighted by Gasteiger charge is 2.17. The van der Waals surface area contributed by atoms with Crippen LogP contribution in [-0.2, 0) is 0 Å². The summed E-state index contributed by atoms with van der Waals surface area (Å²) in [7, 11) is 2.22. The molecule has 1 nitrogen and oxygen atoms in total. The van der Waals surface area contributed by atoms with Gasteiger partial charge in [-0.25, -0.2) is 0 Å². The first-order valence-corrected chi connectivity index (χ1v) is 5.55. The number of hydrogen-bond donors (Lipinski definition) is 0. The monoisotopic (exact) mass is 173 g/mol. The first kappa shape index (κ1) is 14.5. The van der Waals surface area contributed by atoms with E-state index in [1.54, 1.807) is 0 Å². The lowest BCUT2D eigenvalue weighted by Gasteiger charge is -2.16. The highest BCUT2D eigenvalue weighted by Crippen LogP contribution is 2.16. The van der Waals surface area contributed by atoms with E-state index in [-0.39, 0.29) is 0 Å². The van der Waals surface area contributed by atoms with Gasteiger partial charge in [0.25, 0.3) is 0 Å². The summed E-state index contributed by atoms with van der Waals surface area (Å²) in [6.45, 7) is 11.6. The average molecular weight is 173 g/mol. The van der Waals surface area contributed by atoms with E-state index < -0.39 is 0 Å². The zero-order valence-corrected chi connectivity index (χ0v) is 9.85. The minimum absolute atomic E-state index is 0.898. The molecule has 1 heterocycles. The Balaban J connectivity index is 0. The second kappa shape index (κ2) is 11.0. The van der Waals surface area contributed by atoms with Gasteiger partial charge in [0.05, 0.1) is 0 Å². The largest absolute Gasteiger partial charge is 0.303 e. The van der Waals surface area contributed by atoms with Gasteiger partial charge in [-0.2, -0.15) is 0 Å². The highest BCUT2D eigenvalue weighted by molar-refractivity contribution is 4.73. The van der Waals surface area contributed by atoms with Crippen molar-refractivity contribution in [1.29, 1.82) is 0 Å². The molecule has 0 amide bonds. The molecule has 1 fully saturated rings. The van der Waals surface area contributed by atoms with Crippen LogP contribution in [0.1, 0.15) is 53.9 Å². The van der Waals surface area contributed by atoms with E-state index >= 15 is 0 Å². The fourth-order valence-electron chi connectivity index (χ4n) is 1.50. The van der Waals surface area contributed by atoms with Crippen molar-refractivity contribution in [2.45, 2.75) is 59.9 Å². The van der Waals surface area contributed by atoms with Gasteiger partial charge in [0, 0.05) is 6.04 Å². The Morgan fingerprint density at radius 1 is 1.17 bits per heavy atom. The molecule has 12 heavy (non-hydrogen) atoms. The van der Waals surface area contributed by atoms with Crippen molar-refractivity contribution < 1.29 is 0 Å². The Morgan fingerprint density at radius 3 is 1.83 bits per heavy atom. The molecule has 76 valence electrons. The summed E-state index contributed by atoms with van der Waals surface area (Å²) in [4.78, 5) is 2.46. The smallest absolute Gasteiger partial charge is 0.00900 e. The minimum atomic E-state index is 0.898. The lowest BCUT2D eigenvalue weighted by molar-refractivity contribution is 0.304. The van der Waals surface area contributed by atoms with Crippen molar-refractivity contribution in [1.82, 2.24) is 4.90 Å². The SMILES string of the molecule is CC.CC.CCC1CCCN1C. The maximum Gasteiger partial charge on any atom is 0.00900 e. The van der Waals surface area contributed by atoms with Gasteiger partial charge in [-0.05, 0) is 32.9 Å². The van der Waals surface area contributed by atoms with Crippen LogP contribution < -0.4 is 0 Å². The molecule has 0 radical (unpaired) electrons. The highest BCUT2D eigenvalue weighted by atomic mass is 15.1. The zero-order chi connectivity index (χ0) is 9.98. The average Bonchev–Trinajstić information content (AvgIpc) is 2.58. The van der Waals surface area contributed by atoms with Gasteiger partial charge in [0.2, 0.25) is 0 Å². The van der Waals surface area contributed by atoms with E-state index in [1.165, 1.54) is 25.8 Å². The summed E-state index contributed by atoms with van der Waals surface area (Å²) in [5.74, 6) is 0. The van der Waals surface area contributed by atoms with Gasteiger partial charge in [0.1, 0.15) is 0 Å². The molecule has 1 aliphatic heterocycles. The lowest BCUT2D eigenvalue weighted by Crippen LogP contribution is -2.23. The van der Waals surface area contributed by atoms with Gasteiger partial charge in [0.15, 0.2) is 0 Å². The quantitative estimate of drug-likeness (QED) is 0.586. The van der Waals surface area contributed by atoms with Gasteiger partial charge >= 0.3 is 0 Å². The van der Waals surface area contributed by atoms with Gasteiger partial charge in [-0.1, -0.05) is 34.6 Å². The Kier molecular flexibility index (Phi) is 13.2. The molecule has 1 rings (SSSR count). The zero-order valence-electron chi connectivity index (χ0n) is 9.85. The molecule has 0 aromatic rings. The second-order valence-electron chi connectivity index (χ2n) is 2.68. The molecule has 1 heteroatoms. The Morgan fingerprint density at radius 2 is 1.67 bits per heavy atom. The summed E-state index contributed by atoms with van der Waals surface area (Å²) in [6, 6.07) is 0.898. The number of likely N-dealkylation sites (tertiary alicyclic amines) is 1. The molecule has 0 saturated carbocycles. The van der Waals surface area contributed by atoms with Crippen molar-refractivity contribution in [2.75, 3.05) is 13.6 Å². The first-order chi connectivity index (χ1) is 5.84. The minimum Gasteiger partial charge on any atom is -0.303 e. The standard InChI is InChI=1S/C7H15N.2C2H6/c1-3-7-5-4-6-8(7)2;2*1-2/h7H,3-6H2,1-2H3;2*1-2H3. The molecule has 0 aliphatic carbocycles. The molecule has 1 saturated heterocycles. The van der Waals surface area contributed by atoms with E-state index in [9.17, 15) is 0 Å². The summed E-state index contributed by atoms with van der Waals surface area (Å²) >= 11 is 0. The Labute approximate surface area is 79.2 Å². The van der Waals surface area contributed by atoms with E-state index in [2.05, 4.69) is 18.9 Å². The molecule has 0 aromatic carbocycles. The van der Waals surface area contributed by atoms with Gasteiger partial charge < -0.3 is 4.90 Å². The predicted octanol–water partition coefficient (Wildman–Crippen LogP) is 3.54. The lowest BCUT2D eigenvalue weighted by atomic mass is 10.2. The molecule has 1 aliphatic rings. The number of hydrogen-bond acceptors (Lipinski definition) is 1.